The van der Waals surface area contributed by atoms with Gasteiger partial charge in [0, 0.05) is 38.4 Å². The molecular formula is C17H8BrClF3N3. The first-order valence-corrected chi connectivity index (χ1v) is 8.08. The van der Waals surface area contributed by atoms with Gasteiger partial charge >= 0.3 is 6.18 Å². The van der Waals surface area contributed by atoms with E-state index in [4.69, 9.17) is 11.6 Å². The van der Waals surface area contributed by atoms with Crippen LogP contribution in [0.5, 0.6) is 0 Å². The summed E-state index contributed by atoms with van der Waals surface area (Å²) in [5.74, 6) is 0. The molecule has 0 radical (unpaired) electrons. The van der Waals surface area contributed by atoms with Crippen LogP contribution in [0.2, 0.25) is 5.02 Å². The molecule has 1 N–H and O–H groups in total. The predicted molar refractivity (Wildman–Crippen MR) is 93.7 cm³/mol. The third-order valence-electron chi connectivity index (χ3n) is 3.53. The van der Waals surface area contributed by atoms with Crippen molar-refractivity contribution in [3.8, 4) is 6.07 Å². The smallest absolute Gasteiger partial charge is 0.346 e. The van der Waals surface area contributed by atoms with Crippen LogP contribution in [-0.4, -0.2) is 9.97 Å². The molecule has 2 heterocycles. The first-order chi connectivity index (χ1) is 11.8. The normalized spacial score (nSPS) is 12.4. The van der Waals surface area contributed by atoms with Gasteiger partial charge in [-0.05, 0) is 46.3 Å². The van der Waals surface area contributed by atoms with Crippen molar-refractivity contribution in [2.45, 2.75) is 6.18 Å². The van der Waals surface area contributed by atoms with Crippen molar-refractivity contribution in [2.24, 2.45) is 0 Å². The van der Waals surface area contributed by atoms with E-state index in [2.05, 4.69) is 25.9 Å². The molecule has 0 saturated carbocycles. The largest absolute Gasteiger partial charge is 0.417 e. The number of pyridine rings is 1. The zero-order valence-corrected chi connectivity index (χ0v) is 14.7. The number of fused-ring (bicyclic) bond motifs is 1. The van der Waals surface area contributed by atoms with Gasteiger partial charge in [0.05, 0.1) is 17.2 Å². The lowest BCUT2D eigenvalue weighted by atomic mass is 9.98. The van der Waals surface area contributed by atoms with Gasteiger partial charge in [0.25, 0.3) is 0 Å². The number of allylic oxidation sites excluding steroid dienone is 1. The number of halogens is 5. The van der Waals surface area contributed by atoms with Gasteiger partial charge in [-0.25, -0.2) is 4.98 Å². The maximum Gasteiger partial charge on any atom is 0.417 e. The summed E-state index contributed by atoms with van der Waals surface area (Å²) >= 11 is 9.14. The molecule has 0 amide bonds. The molecule has 0 bridgehead atoms. The Labute approximate surface area is 153 Å². The maximum absolute atomic E-state index is 13.3. The lowest BCUT2D eigenvalue weighted by Gasteiger charge is -2.12. The quantitative estimate of drug-likeness (QED) is 0.506. The molecule has 8 heteroatoms. The van der Waals surface area contributed by atoms with Crippen molar-refractivity contribution in [2.75, 3.05) is 0 Å². The van der Waals surface area contributed by atoms with E-state index in [0.29, 0.717) is 21.1 Å². The van der Waals surface area contributed by atoms with E-state index >= 15 is 0 Å². The number of hydrogen-bond donors (Lipinski definition) is 1. The Hall–Kier alpha value is -2.30. The Balaban J connectivity index is 2.21. The Kier molecular flexibility index (Phi) is 4.58. The average Bonchev–Trinajstić information content (AvgIpc) is 2.93. The Morgan fingerprint density at radius 2 is 2.08 bits per heavy atom. The van der Waals surface area contributed by atoms with Crippen LogP contribution in [0.3, 0.4) is 0 Å². The highest BCUT2D eigenvalue weighted by Crippen LogP contribution is 2.37. The van der Waals surface area contributed by atoms with Crippen LogP contribution in [-0.2, 0) is 6.18 Å². The Morgan fingerprint density at radius 3 is 2.76 bits per heavy atom. The van der Waals surface area contributed by atoms with E-state index in [-0.39, 0.29) is 16.2 Å². The summed E-state index contributed by atoms with van der Waals surface area (Å²) < 4.78 is 40.5. The molecule has 0 aliphatic carbocycles. The summed E-state index contributed by atoms with van der Waals surface area (Å²) in [6.45, 7) is 0. The lowest BCUT2D eigenvalue weighted by Crippen LogP contribution is -2.08. The van der Waals surface area contributed by atoms with Crippen molar-refractivity contribution >= 4 is 50.2 Å². The van der Waals surface area contributed by atoms with Crippen LogP contribution >= 0.6 is 27.5 Å². The molecule has 0 saturated heterocycles. The third kappa shape index (κ3) is 3.55. The van der Waals surface area contributed by atoms with E-state index in [1.165, 1.54) is 6.08 Å². The second kappa shape index (κ2) is 6.54. The topological polar surface area (TPSA) is 52.5 Å². The van der Waals surface area contributed by atoms with E-state index in [1.807, 2.05) is 6.07 Å². The number of H-pyrrole nitrogens is 1. The fraction of sp³-hybridized carbons (Fsp3) is 0.0588. The number of nitriles is 1. The van der Waals surface area contributed by atoms with Gasteiger partial charge in [0.1, 0.15) is 5.65 Å². The van der Waals surface area contributed by atoms with E-state index in [0.717, 1.165) is 18.2 Å². The molecular weight excluding hydrogens is 419 g/mol. The van der Waals surface area contributed by atoms with Gasteiger partial charge in [0.15, 0.2) is 0 Å². The number of rotatable bonds is 2. The standard InChI is InChI=1S/C17H8BrClF3N3/c18-11-4-14-10(7-24-16(14)25-8-11)3-9(6-23)13-5-12(19)1-2-15(13)17(20,21)22/h1-5,7-8H,(H,24,25)/b9-3-. The van der Waals surface area contributed by atoms with Crippen LogP contribution in [0.15, 0.2) is 41.1 Å². The summed E-state index contributed by atoms with van der Waals surface area (Å²) in [5, 5.41) is 10.2. The molecule has 0 unspecified atom stereocenters. The van der Waals surface area contributed by atoms with E-state index in [9.17, 15) is 18.4 Å². The molecule has 126 valence electrons. The van der Waals surface area contributed by atoms with Gasteiger partial charge in [-0.3, -0.25) is 0 Å². The van der Waals surface area contributed by atoms with Crippen LogP contribution in [0.1, 0.15) is 16.7 Å². The van der Waals surface area contributed by atoms with Gasteiger partial charge in [-0.2, -0.15) is 18.4 Å². The number of aromatic nitrogens is 2. The minimum absolute atomic E-state index is 0.118. The Morgan fingerprint density at radius 1 is 1.32 bits per heavy atom. The van der Waals surface area contributed by atoms with Crippen LogP contribution < -0.4 is 0 Å². The highest BCUT2D eigenvalue weighted by atomic mass is 79.9. The molecule has 25 heavy (non-hydrogen) atoms. The monoisotopic (exact) mass is 425 g/mol. The summed E-state index contributed by atoms with van der Waals surface area (Å²) in [5.41, 5.74) is -0.207. The molecule has 3 rings (SSSR count). The van der Waals surface area contributed by atoms with Gasteiger partial charge in [-0.15, -0.1) is 0 Å². The molecule has 0 atom stereocenters. The first kappa shape index (κ1) is 17.5. The van der Waals surface area contributed by atoms with Crippen molar-refractivity contribution in [1.29, 1.82) is 5.26 Å². The van der Waals surface area contributed by atoms with Crippen molar-refractivity contribution < 1.29 is 13.2 Å². The molecule has 0 aliphatic heterocycles. The minimum atomic E-state index is -4.60. The maximum atomic E-state index is 13.3. The third-order valence-corrected chi connectivity index (χ3v) is 4.20. The van der Waals surface area contributed by atoms with Crippen LogP contribution in [0.25, 0.3) is 22.7 Å². The number of aromatic amines is 1. The second-order valence-electron chi connectivity index (χ2n) is 5.15. The minimum Gasteiger partial charge on any atom is -0.346 e. The Bertz CT molecular complexity index is 1030. The number of hydrogen-bond acceptors (Lipinski definition) is 2. The van der Waals surface area contributed by atoms with Crippen molar-refractivity contribution in [1.82, 2.24) is 9.97 Å². The number of benzene rings is 1. The molecule has 2 aromatic heterocycles. The fourth-order valence-corrected chi connectivity index (χ4v) is 2.93. The zero-order valence-electron chi connectivity index (χ0n) is 12.3. The lowest BCUT2D eigenvalue weighted by molar-refractivity contribution is -0.137. The highest BCUT2D eigenvalue weighted by Gasteiger charge is 2.34. The second-order valence-corrected chi connectivity index (χ2v) is 6.50. The van der Waals surface area contributed by atoms with Gasteiger partial charge in [-0.1, -0.05) is 11.6 Å². The highest BCUT2D eigenvalue weighted by molar-refractivity contribution is 9.10. The van der Waals surface area contributed by atoms with E-state index < -0.39 is 11.7 Å². The molecule has 0 aliphatic rings. The van der Waals surface area contributed by atoms with Gasteiger partial charge in [0.2, 0.25) is 0 Å². The van der Waals surface area contributed by atoms with Gasteiger partial charge < -0.3 is 4.98 Å². The summed E-state index contributed by atoms with van der Waals surface area (Å²) in [7, 11) is 0. The van der Waals surface area contributed by atoms with Crippen LogP contribution in [0, 0.1) is 11.3 Å². The molecule has 0 spiro atoms. The summed E-state index contributed by atoms with van der Waals surface area (Å²) in [6, 6.07) is 6.76. The predicted octanol–water partition coefficient (Wildman–Crippen LogP) is 6.06. The number of alkyl halides is 3. The first-order valence-electron chi connectivity index (χ1n) is 6.91. The summed E-state index contributed by atoms with van der Waals surface area (Å²) in [6.07, 6.45) is -0.0377. The number of nitrogens with one attached hydrogen (secondary N) is 1. The number of nitrogens with zero attached hydrogens (tertiary/aromatic N) is 2. The van der Waals surface area contributed by atoms with Crippen molar-refractivity contribution in [3.05, 3.63) is 62.8 Å². The molecule has 3 aromatic rings. The van der Waals surface area contributed by atoms with Crippen molar-refractivity contribution in [3.63, 3.8) is 0 Å². The SMILES string of the molecule is N#C/C(=C/c1c[nH]c2ncc(Br)cc12)c1cc(Cl)ccc1C(F)(F)F. The zero-order chi connectivity index (χ0) is 18.2. The average molecular weight is 427 g/mol. The summed E-state index contributed by atoms with van der Waals surface area (Å²) in [4.78, 5) is 7.08. The van der Waals surface area contributed by atoms with E-state index in [1.54, 1.807) is 18.5 Å². The molecule has 3 nitrogen and oxygen atoms in total. The fourth-order valence-electron chi connectivity index (χ4n) is 2.43. The van der Waals surface area contributed by atoms with Crippen LogP contribution in [0.4, 0.5) is 13.2 Å². The molecule has 1 aromatic carbocycles. The molecule has 0 fully saturated rings.